The summed E-state index contributed by atoms with van der Waals surface area (Å²) >= 11 is 0. The van der Waals surface area contributed by atoms with Crippen molar-refractivity contribution in [3.8, 4) is 0 Å². The molecule has 1 N–H and O–H groups in total. The first-order valence-corrected chi connectivity index (χ1v) is 11.9. The van der Waals surface area contributed by atoms with Crippen LogP contribution >= 0.6 is 0 Å². The number of benzene rings is 1. The lowest BCUT2D eigenvalue weighted by atomic mass is 9.94. The fourth-order valence-electron chi connectivity index (χ4n) is 4.55. The zero-order valence-corrected chi connectivity index (χ0v) is 19.1. The van der Waals surface area contributed by atoms with Crippen molar-refractivity contribution in [2.24, 2.45) is 11.8 Å². The van der Waals surface area contributed by atoms with Gasteiger partial charge in [-0.15, -0.1) is 0 Å². The van der Waals surface area contributed by atoms with Crippen molar-refractivity contribution >= 4 is 23.4 Å². The Balaban J connectivity index is 1.41. The Morgan fingerprint density at radius 1 is 1.00 bits per heavy atom. The fourth-order valence-corrected chi connectivity index (χ4v) is 4.55. The second-order valence-electron chi connectivity index (χ2n) is 9.05. The van der Waals surface area contributed by atoms with E-state index in [9.17, 15) is 14.4 Å². The molecule has 1 atom stereocenters. The summed E-state index contributed by atoms with van der Waals surface area (Å²) in [6, 6.07) is 7.85. The van der Waals surface area contributed by atoms with Crippen molar-refractivity contribution < 1.29 is 14.4 Å². The van der Waals surface area contributed by atoms with Crippen molar-refractivity contribution in [3.05, 3.63) is 29.8 Å². The summed E-state index contributed by atoms with van der Waals surface area (Å²) in [4.78, 5) is 41.5. The van der Waals surface area contributed by atoms with E-state index in [0.29, 0.717) is 32.5 Å². The van der Waals surface area contributed by atoms with Gasteiger partial charge in [0.1, 0.15) is 0 Å². The average molecular weight is 428 g/mol. The van der Waals surface area contributed by atoms with Crippen LogP contribution in [0.2, 0.25) is 0 Å². The zero-order chi connectivity index (χ0) is 22.2. The third-order valence-electron chi connectivity index (χ3n) is 6.58. The van der Waals surface area contributed by atoms with Gasteiger partial charge in [0.05, 0.1) is 5.92 Å². The van der Waals surface area contributed by atoms with Gasteiger partial charge in [0, 0.05) is 44.2 Å². The molecule has 0 spiro atoms. The molecule has 0 saturated carbocycles. The molecule has 2 aliphatic rings. The van der Waals surface area contributed by atoms with Gasteiger partial charge in [-0.25, -0.2) is 0 Å². The number of piperidine rings is 1. The largest absolute Gasteiger partial charge is 0.356 e. The highest BCUT2D eigenvalue weighted by Crippen LogP contribution is 2.28. The van der Waals surface area contributed by atoms with Crippen LogP contribution < -0.4 is 10.2 Å². The molecular formula is C25H37N3O3. The predicted octanol–water partition coefficient (Wildman–Crippen LogP) is 3.67. The monoisotopic (exact) mass is 427 g/mol. The summed E-state index contributed by atoms with van der Waals surface area (Å²) in [5.41, 5.74) is 2.00. The van der Waals surface area contributed by atoms with Crippen LogP contribution in [0.25, 0.3) is 0 Å². The average Bonchev–Trinajstić information content (AvgIpc) is 3.17. The van der Waals surface area contributed by atoms with E-state index in [0.717, 1.165) is 24.2 Å². The molecule has 3 amide bonds. The number of nitrogens with one attached hydrogen (secondary N) is 1. The maximum absolute atomic E-state index is 13.0. The second-order valence-corrected chi connectivity index (χ2v) is 9.05. The van der Waals surface area contributed by atoms with Crippen molar-refractivity contribution in [2.45, 2.75) is 65.2 Å². The van der Waals surface area contributed by atoms with Crippen LogP contribution in [0.15, 0.2) is 24.3 Å². The van der Waals surface area contributed by atoms with E-state index in [-0.39, 0.29) is 36.0 Å². The number of anilines is 1. The van der Waals surface area contributed by atoms with Crippen LogP contribution in [0.3, 0.4) is 0 Å². The Labute approximate surface area is 186 Å². The van der Waals surface area contributed by atoms with Crippen LogP contribution in [0, 0.1) is 18.8 Å². The van der Waals surface area contributed by atoms with Gasteiger partial charge in [-0.1, -0.05) is 50.3 Å². The number of hydrogen-bond donors (Lipinski definition) is 1. The van der Waals surface area contributed by atoms with E-state index >= 15 is 0 Å². The second kappa shape index (κ2) is 11.3. The van der Waals surface area contributed by atoms with Crippen LogP contribution in [0.4, 0.5) is 5.69 Å². The van der Waals surface area contributed by atoms with Crippen molar-refractivity contribution in [2.75, 3.05) is 31.1 Å². The van der Waals surface area contributed by atoms with Crippen LogP contribution in [-0.4, -0.2) is 48.8 Å². The lowest BCUT2D eigenvalue weighted by molar-refractivity contribution is -0.139. The number of nitrogens with zero attached hydrogens (tertiary/aromatic N) is 2. The van der Waals surface area contributed by atoms with Gasteiger partial charge in [0.25, 0.3) is 0 Å². The summed E-state index contributed by atoms with van der Waals surface area (Å²) in [7, 11) is 0. The Bertz CT molecular complexity index is 754. The van der Waals surface area contributed by atoms with E-state index < -0.39 is 0 Å². The number of carbonyl (C=O) groups excluding carboxylic acids is 3. The van der Waals surface area contributed by atoms with E-state index in [2.05, 4.69) is 12.2 Å². The zero-order valence-electron chi connectivity index (χ0n) is 19.1. The number of hydrogen-bond acceptors (Lipinski definition) is 3. The predicted molar refractivity (Wildman–Crippen MR) is 123 cm³/mol. The number of amides is 3. The first-order valence-electron chi connectivity index (χ1n) is 11.9. The number of unbranched alkanes of at least 4 members (excludes halogenated alkanes) is 4. The molecule has 2 aliphatic heterocycles. The third-order valence-corrected chi connectivity index (χ3v) is 6.58. The van der Waals surface area contributed by atoms with Gasteiger partial charge in [0.2, 0.25) is 17.7 Å². The molecule has 0 radical (unpaired) electrons. The molecule has 0 bridgehead atoms. The third kappa shape index (κ3) is 6.31. The lowest BCUT2D eigenvalue weighted by Gasteiger charge is -2.33. The minimum Gasteiger partial charge on any atom is -0.356 e. The highest BCUT2D eigenvalue weighted by molar-refractivity contribution is 6.00. The van der Waals surface area contributed by atoms with Gasteiger partial charge >= 0.3 is 0 Å². The van der Waals surface area contributed by atoms with Crippen LogP contribution in [0.5, 0.6) is 0 Å². The Hall–Kier alpha value is -2.37. The van der Waals surface area contributed by atoms with Crippen molar-refractivity contribution in [1.82, 2.24) is 10.2 Å². The summed E-state index contributed by atoms with van der Waals surface area (Å²) in [5.74, 6) is -0.103. The molecule has 0 aliphatic carbocycles. The van der Waals surface area contributed by atoms with E-state index in [1.165, 1.54) is 25.7 Å². The fraction of sp³-hybridized carbons (Fsp3) is 0.640. The first kappa shape index (κ1) is 23.3. The standard InChI is InChI=1S/C25H37N3O3/c1-3-4-5-6-7-14-26-24(30)20-12-15-27(16-13-20)25(31)21-17-23(29)28(18-21)22-10-8-19(2)9-11-22/h8-11,20-21H,3-7,12-18H2,1-2H3,(H,26,30). The molecular weight excluding hydrogens is 390 g/mol. The summed E-state index contributed by atoms with van der Waals surface area (Å²) in [6.07, 6.45) is 7.60. The number of rotatable bonds is 9. The molecule has 31 heavy (non-hydrogen) atoms. The summed E-state index contributed by atoms with van der Waals surface area (Å²) in [6.45, 7) is 6.61. The molecule has 2 fully saturated rings. The molecule has 1 aromatic carbocycles. The van der Waals surface area contributed by atoms with Crippen LogP contribution in [0.1, 0.15) is 63.9 Å². The Morgan fingerprint density at radius 2 is 1.68 bits per heavy atom. The summed E-state index contributed by atoms with van der Waals surface area (Å²) in [5, 5.41) is 3.07. The molecule has 3 rings (SSSR count). The summed E-state index contributed by atoms with van der Waals surface area (Å²) < 4.78 is 0. The highest BCUT2D eigenvalue weighted by atomic mass is 16.2. The minimum atomic E-state index is -0.290. The molecule has 0 aromatic heterocycles. The van der Waals surface area contributed by atoms with Gasteiger partial charge < -0.3 is 15.1 Å². The quantitative estimate of drug-likeness (QED) is 0.611. The smallest absolute Gasteiger partial charge is 0.228 e. The molecule has 170 valence electrons. The molecule has 2 saturated heterocycles. The molecule has 6 nitrogen and oxygen atoms in total. The van der Waals surface area contributed by atoms with Gasteiger partial charge in [-0.2, -0.15) is 0 Å². The molecule has 1 aromatic rings. The van der Waals surface area contributed by atoms with Gasteiger partial charge in [-0.3, -0.25) is 14.4 Å². The van der Waals surface area contributed by atoms with Crippen molar-refractivity contribution in [1.29, 1.82) is 0 Å². The number of aryl methyl sites for hydroxylation is 1. The lowest BCUT2D eigenvalue weighted by Crippen LogP contribution is -2.45. The number of likely N-dealkylation sites (tertiary alicyclic amines) is 1. The first-order chi connectivity index (χ1) is 15.0. The van der Waals surface area contributed by atoms with Gasteiger partial charge in [-0.05, 0) is 38.3 Å². The topological polar surface area (TPSA) is 69.7 Å². The normalized spacial score (nSPS) is 19.7. The molecule has 1 unspecified atom stereocenters. The molecule has 6 heteroatoms. The maximum atomic E-state index is 13.0. The highest BCUT2D eigenvalue weighted by Gasteiger charge is 2.38. The van der Waals surface area contributed by atoms with E-state index in [1.807, 2.05) is 36.1 Å². The van der Waals surface area contributed by atoms with Crippen molar-refractivity contribution in [3.63, 3.8) is 0 Å². The van der Waals surface area contributed by atoms with E-state index in [4.69, 9.17) is 0 Å². The number of carbonyl (C=O) groups is 3. The van der Waals surface area contributed by atoms with Gasteiger partial charge in [0.15, 0.2) is 0 Å². The SMILES string of the molecule is CCCCCCCNC(=O)C1CCN(C(=O)C2CC(=O)N(c3ccc(C)cc3)C2)CC1. The molecule has 2 heterocycles. The maximum Gasteiger partial charge on any atom is 0.228 e. The van der Waals surface area contributed by atoms with E-state index in [1.54, 1.807) is 4.90 Å². The Kier molecular flexibility index (Phi) is 8.50. The minimum absolute atomic E-state index is 0.00559. The Morgan fingerprint density at radius 3 is 2.35 bits per heavy atom. The van der Waals surface area contributed by atoms with Crippen LogP contribution in [-0.2, 0) is 14.4 Å².